The van der Waals surface area contributed by atoms with Gasteiger partial charge in [-0.3, -0.25) is 0 Å². The molecular weight excluding hydrogens is 388 g/mol. The van der Waals surface area contributed by atoms with Crippen molar-refractivity contribution in [3.8, 4) is 0 Å². The maximum atomic E-state index is 4.52. The molecule has 2 aromatic rings. The van der Waals surface area contributed by atoms with Crippen LogP contribution in [0.2, 0.25) is 0 Å². The van der Waals surface area contributed by atoms with E-state index in [4.69, 9.17) is 0 Å². The number of aromatic nitrogens is 2. The van der Waals surface area contributed by atoms with Gasteiger partial charge in [0, 0.05) is 21.9 Å². The number of nitrogens with zero attached hydrogens (tertiary/aromatic N) is 3. The first-order valence-electron chi connectivity index (χ1n) is 10.1. The lowest BCUT2D eigenvalue weighted by Gasteiger charge is -2.41. The Kier molecular flexibility index (Phi) is 4.40. The minimum Gasteiger partial charge on any atom is -0.367 e. The summed E-state index contributed by atoms with van der Waals surface area (Å²) in [5.74, 6) is 0.980. The molecule has 1 N–H and O–H groups in total. The van der Waals surface area contributed by atoms with Gasteiger partial charge in [0.1, 0.15) is 12.1 Å². The highest BCUT2D eigenvalue weighted by Crippen LogP contribution is 2.54. The molecule has 3 aliphatic rings. The molecule has 0 unspecified atom stereocenters. The summed E-state index contributed by atoms with van der Waals surface area (Å²) in [6, 6.07) is 7.54. The van der Waals surface area contributed by atoms with Crippen LogP contribution in [-0.4, -0.2) is 40.0 Å². The third-order valence-electron chi connectivity index (χ3n) is 6.97. The molecule has 0 bridgehead atoms. The lowest BCUT2D eigenvalue weighted by molar-refractivity contribution is 0.0975. The van der Waals surface area contributed by atoms with Gasteiger partial charge < -0.3 is 10.2 Å². The van der Waals surface area contributed by atoms with Crippen LogP contribution in [0.3, 0.4) is 0 Å². The predicted octanol–water partition coefficient (Wildman–Crippen LogP) is 4.99. The molecule has 138 valence electrons. The summed E-state index contributed by atoms with van der Waals surface area (Å²) >= 11 is 3.57. The maximum absolute atomic E-state index is 4.52. The van der Waals surface area contributed by atoms with Crippen LogP contribution in [0.25, 0.3) is 10.9 Å². The molecule has 1 aromatic carbocycles. The molecule has 5 rings (SSSR count). The summed E-state index contributed by atoms with van der Waals surface area (Å²) in [5, 5.41) is 4.81. The molecule has 1 aromatic heterocycles. The van der Waals surface area contributed by atoms with Gasteiger partial charge in [-0.05, 0) is 88.1 Å². The summed E-state index contributed by atoms with van der Waals surface area (Å²) in [7, 11) is 0. The smallest absolute Gasteiger partial charge is 0.137 e. The van der Waals surface area contributed by atoms with Gasteiger partial charge in [0.15, 0.2) is 0 Å². The zero-order chi connectivity index (χ0) is 17.6. The first-order valence-corrected chi connectivity index (χ1v) is 10.9. The van der Waals surface area contributed by atoms with Crippen LogP contribution < -0.4 is 5.32 Å². The second-order valence-electron chi connectivity index (χ2n) is 8.57. The van der Waals surface area contributed by atoms with E-state index in [1.54, 1.807) is 6.33 Å². The highest BCUT2D eigenvalue weighted by atomic mass is 79.9. The Labute approximate surface area is 163 Å². The molecule has 2 aliphatic carbocycles. The Bertz CT molecular complexity index is 786. The molecular formula is C21H27BrN4. The van der Waals surface area contributed by atoms with Crippen molar-refractivity contribution >= 4 is 32.7 Å². The Hall–Kier alpha value is -1.20. The fourth-order valence-electron chi connectivity index (χ4n) is 4.96. The molecule has 1 spiro atoms. The van der Waals surface area contributed by atoms with E-state index in [1.165, 1.54) is 64.5 Å². The van der Waals surface area contributed by atoms with Crippen molar-refractivity contribution in [2.75, 3.05) is 18.4 Å². The first-order chi connectivity index (χ1) is 12.7. The van der Waals surface area contributed by atoms with E-state index in [9.17, 15) is 0 Å². The van der Waals surface area contributed by atoms with Gasteiger partial charge in [-0.1, -0.05) is 15.9 Å². The number of hydrogen-bond acceptors (Lipinski definition) is 4. The molecule has 26 heavy (non-hydrogen) atoms. The molecule has 4 nitrogen and oxygen atoms in total. The van der Waals surface area contributed by atoms with Gasteiger partial charge in [-0.2, -0.15) is 0 Å². The third-order valence-corrected chi connectivity index (χ3v) is 7.46. The minimum absolute atomic E-state index is 0.530. The highest BCUT2D eigenvalue weighted by Gasteiger charge is 2.45. The Morgan fingerprint density at radius 2 is 1.77 bits per heavy atom. The second kappa shape index (κ2) is 6.75. The molecule has 3 fully saturated rings. The van der Waals surface area contributed by atoms with E-state index in [2.05, 4.69) is 42.2 Å². The summed E-state index contributed by atoms with van der Waals surface area (Å²) in [5.41, 5.74) is 1.79. The van der Waals surface area contributed by atoms with Gasteiger partial charge >= 0.3 is 0 Å². The molecule has 2 saturated carbocycles. The monoisotopic (exact) mass is 414 g/mol. The van der Waals surface area contributed by atoms with Crippen LogP contribution in [0.4, 0.5) is 5.82 Å². The molecule has 2 heterocycles. The van der Waals surface area contributed by atoms with Crippen molar-refractivity contribution < 1.29 is 0 Å². The van der Waals surface area contributed by atoms with Crippen molar-refractivity contribution in [3.63, 3.8) is 0 Å². The van der Waals surface area contributed by atoms with Crippen LogP contribution in [0.15, 0.2) is 29.0 Å². The summed E-state index contributed by atoms with van der Waals surface area (Å²) < 4.78 is 1.07. The van der Waals surface area contributed by atoms with Crippen molar-refractivity contribution in [1.82, 2.24) is 14.9 Å². The highest BCUT2D eigenvalue weighted by molar-refractivity contribution is 9.10. The van der Waals surface area contributed by atoms with E-state index in [1.807, 2.05) is 12.1 Å². The van der Waals surface area contributed by atoms with Crippen molar-refractivity contribution in [3.05, 3.63) is 29.0 Å². The van der Waals surface area contributed by atoms with E-state index in [0.29, 0.717) is 6.04 Å². The summed E-state index contributed by atoms with van der Waals surface area (Å²) in [6.07, 6.45) is 12.7. The normalized spacial score (nSPS) is 28.3. The molecule has 1 aliphatic heterocycles. The lowest BCUT2D eigenvalue weighted by Crippen LogP contribution is -2.45. The Balaban J connectivity index is 1.20. The lowest BCUT2D eigenvalue weighted by atomic mass is 9.86. The summed E-state index contributed by atoms with van der Waals surface area (Å²) in [6.45, 7) is 2.68. The van der Waals surface area contributed by atoms with Crippen molar-refractivity contribution in [1.29, 1.82) is 0 Å². The van der Waals surface area contributed by atoms with Crippen LogP contribution in [0.5, 0.6) is 0 Å². The van der Waals surface area contributed by atoms with Gasteiger partial charge in [0.2, 0.25) is 0 Å². The minimum atomic E-state index is 0.530. The van der Waals surface area contributed by atoms with E-state index < -0.39 is 0 Å². The number of benzene rings is 1. The molecule has 5 heteroatoms. The standard InChI is InChI=1S/C21H27BrN4/c22-15-1-6-19-18(13-15)20(24-14-23-19)25-16-2-4-17(5-3-16)26-11-9-21(7-8-21)10-12-26/h1,6,13-14,16-17H,2-5,7-12H2,(H,23,24,25). The third kappa shape index (κ3) is 3.36. The van der Waals surface area contributed by atoms with Crippen LogP contribution in [0.1, 0.15) is 51.4 Å². The SMILES string of the molecule is Brc1ccc2ncnc(NC3CCC(N4CCC5(CC4)CC5)CC3)c2c1. The van der Waals surface area contributed by atoms with E-state index in [0.717, 1.165) is 32.7 Å². The van der Waals surface area contributed by atoms with Crippen LogP contribution >= 0.6 is 15.9 Å². The van der Waals surface area contributed by atoms with Gasteiger partial charge in [0.05, 0.1) is 5.52 Å². The van der Waals surface area contributed by atoms with Crippen LogP contribution in [0, 0.1) is 5.41 Å². The van der Waals surface area contributed by atoms with Crippen molar-refractivity contribution in [2.24, 2.45) is 5.41 Å². The van der Waals surface area contributed by atoms with E-state index in [-0.39, 0.29) is 0 Å². The van der Waals surface area contributed by atoms with E-state index >= 15 is 0 Å². The fourth-order valence-corrected chi connectivity index (χ4v) is 5.32. The largest absolute Gasteiger partial charge is 0.367 e. The summed E-state index contributed by atoms with van der Waals surface area (Å²) in [4.78, 5) is 11.7. The zero-order valence-corrected chi connectivity index (χ0v) is 16.8. The Morgan fingerprint density at radius 3 is 2.50 bits per heavy atom. The van der Waals surface area contributed by atoms with Gasteiger partial charge in [0.25, 0.3) is 0 Å². The number of rotatable bonds is 3. The Morgan fingerprint density at radius 1 is 1.00 bits per heavy atom. The second-order valence-corrected chi connectivity index (χ2v) is 9.49. The average Bonchev–Trinajstić information content (AvgIpc) is 3.43. The number of piperidine rings is 1. The number of fused-ring (bicyclic) bond motifs is 1. The number of nitrogens with one attached hydrogen (secondary N) is 1. The number of anilines is 1. The van der Waals surface area contributed by atoms with Crippen molar-refractivity contribution in [2.45, 2.75) is 63.5 Å². The number of likely N-dealkylation sites (tertiary alicyclic amines) is 1. The number of hydrogen-bond donors (Lipinski definition) is 1. The van der Waals surface area contributed by atoms with Crippen LogP contribution in [-0.2, 0) is 0 Å². The molecule has 0 atom stereocenters. The van der Waals surface area contributed by atoms with Gasteiger partial charge in [-0.25, -0.2) is 9.97 Å². The first kappa shape index (κ1) is 16.9. The topological polar surface area (TPSA) is 41.1 Å². The number of halogens is 1. The predicted molar refractivity (Wildman–Crippen MR) is 109 cm³/mol. The average molecular weight is 415 g/mol. The maximum Gasteiger partial charge on any atom is 0.137 e. The molecule has 1 saturated heterocycles. The zero-order valence-electron chi connectivity index (χ0n) is 15.3. The molecule has 0 radical (unpaired) electrons. The fraction of sp³-hybridized carbons (Fsp3) is 0.619. The molecule has 0 amide bonds. The van der Waals surface area contributed by atoms with Gasteiger partial charge in [-0.15, -0.1) is 0 Å². The quantitative estimate of drug-likeness (QED) is 0.767.